The van der Waals surface area contributed by atoms with Crippen LogP contribution in [0, 0.1) is 5.82 Å². The van der Waals surface area contributed by atoms with Crippen LogP contribution >= 0.6 is 11.6 Å². The van der Waals surface area contributed by atoms with E-state index in [0.29, 0.717) is 23.1 Å². The van der Waals surface area contributed by atoms with Crippen LogP contribution in [0.4, 0.5) is 4.39 Å². The van der Waals surface area contributed by atoms with E-state index in [9.17, 15) is 9.18 Å². The Bertz CT molecular complexity index is 846. The second-order valence-electron chi connectivity index (χ2n) is 7.38. The summed E-state index contributed by atoms with van der Waals surface area (Å²) in [6.07, 6.45) is 0. The maximum Gasteiger partial charge on any atom is 0.260 e. The van der Waals surface area contributed by atoms with Gasteiger partial charge >= 0.3 is 0 Å². The third kappa shape index (κ3) is 5.40. The van der Waals surface area contributed by atoms with Gasteiger partial charge in [0.1, 0.15) is 5.82 Å². The minimum atomic E-state index is -0.234. The van der Waals surface area contributed by atoms with Gasteiger partial charge in [0, 0.05) is 42.8 Å². The molecule has 156 valence electrons. The molecule has 1 heterocycles. The molecule has 1 fully saturated rings. The molecule has 1 saturated heterocycles. The smallest absolute Gasteiger partial charge is 0.260 e. The Labute approximate surface area is 176 Å². The normalized spacial score (nSPS) is 19.8. The average molecular weight is 421 g/mol. The van der Waals surface area contributed by atoms with E-state index < -0.39 is 0 Å². The van der Waals surface area contributed by atoms with E-state index in [0.717, 1.165) is 18.7 Å². The standard InChI is InChI=1S/C22H26ClFN2O3/c1-15-12-26(16(2)11-25(15)13-17-4-7-19(24)8-5-17)22(27)14-29-21-10-18(23)6-9-20(21)28-3/h4-10,15-16H,11-14H2,1-3H3/t15-,16+/m0/s1. The van der Waals surface area contributed by atoms with Crippen LogP contribution in [0.15, 0.2) is 42.5 Å². The van der Waals surface area contributed by atoms with Gasteiger partial charge in [-0.3, -0.25) is 9.69 Å². The molecule has 2 aromatic rings. The van der Waals surface area contributed by atoms with Crippen LogP contribution < -0.4 is 9.47 Å². The molecule has 0 unspecified atom stereocenters. The molecule has 1 aliphatic heterocycles. The largest absolute Gasteiger partial charge is 0.493 e. The Balaban J connectivity index is 1.58. The molecule has 0 radical (unpaired) electrons. The fourth-order valence-electron chi connectivity index (χ4n) is 3.58. The monoisotopic (exact) mass is 420 g/mol. The Morgan fingerprint density at radius 1 is 1.10 bits per heavy atom. The molecule has 3 rings (SSSR count). The number of nitrogens with zero attached hydrogens (tertiary/aromatic N) is 2. The molecule has 2 atom stereocenters. The van der Waals surface area contributed by atoms with Crippen molar-refractivity contribution in [2.75, 3.05) is 26.8 Å². The molecule has 2 aromatic carbocycles. The van der Waals surface area contributed by atoms with Crippen LogP contribution in [-0.2, 0) is 11.3 Å². The Hall–Kier alpha value is -2.31. The first-order valence-corrected chi connectivity index (χ1v) is 9.99. The SMILES string of the molecule is COc1ccc(Cl)cc1OCC(=O)N1C[C@H](C)N(Cc2ccc(F)cc2)C[C@H]1C. The fourth-order valence-corrected chi connectivity index (χ4v) is 3.74. The molecule has 0 aromatic heterocycles. The highest BCUT2D eigenvalue weighted by atomic mass is 35.5. The zero-order valence-electron chi connectivity index (χ0n) is 16.9. The minimum absolute atomic E-state index is 0.0454. The lowest BCUT2D eigenvalue weighted by molar-refractivity contribution is -0.139. The van der Waals surface area contributed by atoms with Crippen LogP contribution in [0.3, 0.4) is 0 Å². The Kier molecular flexibility index (Phi) is 6.98. The molecule has 1 aliphatic rings. The topological polar surface area (TPSA) is 42.0 Å². The van der Waals surface area contributed by atoms with Crippen molar-refractivity contribution in [2.24, 2.45) is 0 Å². The summed E-state index contributed by atoms with van der Waals surface area (Å²) in [6.45, 7) is 6.12. The summed E-state index contributed by atoms with van der Waals surface area (Å²) in [7, 11) is 1.54. The predicted octanol–water partition coefficient (Wildman–Crippen LogP) is 3.99. The number of methoxy groups -OCH3 is 1. The highest BCUT2D eigenvalue weighted by Gasteiger charge is 2.32. The molecule has 7 heteroatoms. The quantitative estimate of drug-likeness (QED) is 0.708. The van der Waals surface area contributed by atoms with E-state index in [1.54, 1.807) is 37.4 Å². The second-order valence-corrected chi connectivity index (χ2v) is 7.82. The molecule has 5 nitrogen and oxygen atoms in total. The third-order valence-corrected chi connectivity index (χ3v) is 5.45. The van der Waals surface area contributed by atoms with Gasteiger partial charge in [0.15, 0.2) is 18.1 Å². The fraction of sp³-hybridized carbons (Fsp3) is 0.409. The number of hydrogen-bond donors (Lipinski definition) is 0. The zero-order valence-corrected chi connectivity index (χ0v) is 17.7. The number of ether oxygens (including phenoxy) is 2. The molecule has 0 bridgehead atoms. The maximum atomic E-state index is 13.1. The summed E-state index contributed by atoms with van der Waals surface area (Å²) in [5.41, 5.74) is 1.06. The van der Waals surface area contributed by atoms with E-state index in [1.807, 2.05) is 11.8 Å². The number of rotatable bonds is 6. The molecular formula is C22H26ClFN2O3. The molecule has 1 amide bonds. The summed E-state index contributed by atoms with van der Waals surface area (Å²) < 4.78 is 24.1. The first-order valence-electron chi connectivity index (χ1n) is 9.61. The number of halogens is 2. The summed E-state index contributed by atoms with van der Waals surface area (Å²) >= 11 is 6.01. The van der Waals surface area contributed by atoms with Gasteiger partial charge in [-0.1, -0.05) is 23.7 Å². The van der Waals surface area contributed by atoms with Gasteiger partial charge in [-0.15, -0.1) is 0 Å². The number of hydrogen-bond acceptors (Lipinski definition) is 4. The molecule has 0 N–H and O–H groups in total. The van der Waals surface area contributed by atoms with Gasteiger partial charge < -0.3 is 14.4 Å². The van der Waals surface area contributed by atoms with Crippen molar-refractivity contribution in [3.05, 3.63) is 58.9 Å². The Morgan fingerprint density at radius 2 is 1.83 bits per heavy atom. The van der Waals surface area contributed by atoms with Crippen LogP contribution in [0.1, 0.15) is 19.4 Å². The number of carbonyl (C=O) groups is 1. The molecule has 0 aliphatic carbocycles. The lowest BCUT2D eigenvalue weighted by atomic mass is 10.1. The van der Waals surface area contributed by atoms with Crippen molar-refractivity contribution in [1.82, 2.24) is 9.80 Å². The first-order chi connectivity index (χ1) is 13.9. The van der Waals surface area contributed by atoms with Crippen LogP contribution in [0.25, 0.3) is 0 Å². The van der Waals surface area contributed by atoms with Crippen LogP contribution in [0.5, 0.6) is 11.5 Å². The molecule has 0 saturated carbocycles. The number of benzene rings is 2. The van der Waals surface area contributed by atoms with E-state index in [2.05, 4.69) is 11.8 Å². The second kappa shape index (κ2) is 9.46. The molecule has 0 spiro atoms. The highest BCUT2D eigenvalue weighted by Crippen LogP contribution is 2.30. The van der Waals surface area contributed by atoms with Gasteiger partial charge in [-0.05, 0) is 43.7 Å². The van der Waals surface area contributed by atoms with Gasteiger partial charge in [-0.2, -0.15) is 0 Å². The zero-order chi connectivity index (χ0) is 21.0. The average Bonchev–Trinajstić information content (AvgIpc) is 2.70. The lowest BCUT2D eigenvalue weighted by Gasteiger charge is -2.44. The van der Waals surface area contributed by atoms with Crippen molar-refractivity contribution in [2.45, 2.75) is 32.5 Å². The van der Waals surface area contributed by atoms with E-state index >= 15 is 0 Å². The Morgan fingerprint density at radius 3 is 2.52 bits per heavy atom. The van der Waals surface area contributed by atoms with E-state index in [1.165, 1.54) is 12.1 Å². The summed E-state index contributed by atoms with van der Waals surface area (Å²) in [5, 5.41) is 0.518. The van der Waals surface area contributed by atoms with Crippen molar-refractivity contribution in [1.29, 1.82) is 0 Å². The van der Waals surface area contributed by atoms with Gasteiger partial charge in [-0.25, -0.2) is 4.39 Å². The summed E-state index contributed by atoms with van der Waals surface area (Å²) in [6, 6.07) is 11.8. The number of piperazine rings is 1. The summed E-state index contributed by atoms with van der Waals surface area (Å²) in [4.78, 5) is 16.9. The molecular weight excluding hydrogens is 395 g/mol. The van der Waals surface area contributed by atoms with Gasteiger partial charge in [0.25, 0.3) is 5.91 Å². The summed E-state index contributed by atoms with van der Waals surface area (Å²) in [5.74, 6) is 0.673. The number of carbonyl (C=O) groups excluding carboxylic acids is 1. The van der Waals surface area contributed by atoms with Crippen molar-refractivity contribution >= 4 is 17.5 Å². The van der Waals surface area contributed by atoms with Crippen molar-refractivity contribution in [3.8, 4) is 11.5 Å². The number of amides is 1. The van der Waals surface area contributed by atoms with Crippen molar-refractivity contribution < 1.29 is 18.7 Å². The third-order valence-electron chi connectivity index (χ3n) is 5.21. The van der Waals surface area contributed by atoms with Crippen molar-refractivity contribution in [3.63, 3.8) is 0 Å². The highest BCUT2D eigenvalue weighted by molar-refractivity contribution is 6.30. The lowest BCUT2D eigenvalue weighted by Crippen LogP contribution is -2.58. The van der Waals surface area contributed by atoms with Crippen LogP contribution in [-0.4, -0.2) is 54.6 Å². The van der Waals surface area contributed by atoms with Gasteiger partial charge in [0.05, 0.1) is 7.11 Å². The van der Waals surface area contributed by atoms with Gasteiger partial charge in [0.2, 0.25) is 0 Å². The maximum absolute atomic E-state index is 13.1. The van der Waals surface area contributed by atoms with E-state index in [4.69, 9.17) is 21.1 Å². The minimum Gasteiger partial charge on any atom is -0.493 e. The van der Waals surface area contributed by atoms with E-state index in [-0.39, 0.29) is 30.4 Å². The van der Waals surface area contributed by atoms with Crippen LogP contribution in [0.2, 0.25) is 5.02 Å². The predicted molar refractivity (Wildman–Crippen MR) is 111 cm³/mol. The molecule has 29 heavy (non-hydrogen) atoms. The first kappa shape index (κ1) is 21.4.